The molecule has 1 aromatic carbocycles. The van der Waals surface area contributed by atoms with Gasteiger partial charge in [0, 0.05) is 38.2 Å². The molecule has 0 aliphatic carbocycles. The monoisotopic (exact) mass is 497 g/mol. The van der Waals surface area contributed by atoms with Crippen LogP contribution in [0.25, 0.3) is 10.6 Å². The Morgan fingerprint density at radius 1 is 1.14 bits per heavy atom. The van der Waals surface area contributed by atoms with Crippen LogP contribution in [-0.2, 0) is 9.53 Å². The zero-order valence-corrected chi connectivity index (χ0v) is 20.6. The topological polar surface area (TPSA) is 146 Å². The normalized spacial score (nSPS) is 11.1. The molecule has 35 heavy (non-hydrogen) atoms. The van der Waals surface area contributed by atoms with Gasteiger partial charge in [0.05, 0.1) is 36.0 Å². The van der Waals surface area contributed by atoms with E-state index in [9.17, 15) is 9.70 Å². The minimum atomic E-state index is -0.428. The number of hydrogen-bond donors (Lipinski definition) is 2. The fourth-order valence-corrected chi connectivity index (χ4v) is 3.72. The molecule has 0 aliphatic rings. The molecule has 0 saturated carbocycles. The minimum Gasteiger partial charge on any atom is -0.378 e. The summed E-state index contributed by atoms with van der Waals surface area (Å²) in [7, 11) is 3.98. The van der Waals surface area contributed by atoms with Crippen molar-refractivity contribution >= 4 is 39.7 Å². The molecule has 3 rings (SSSR count). The van der Waals surface area contributed by atoms with Gasteiger partial charge in [-0.1, -0.05) is 16.5 Å². The third-order valence-electron chi connectivity index (χ3n) is 4.59. The molecule has 13 heteroatoms. The van der Waals surface area contributed by atoms with Crippen LogP contribution in [0.15, 0.2) is 51.9 Å². The van der Waals surface area contributed by atoms with Crippen molar-refractivity contribution in [3.8, 4) is 10.6 Å². The Morgan fingerprint density at radius 3 is 2.69 bits per heavy atom. The highest BCUT2D eigenvalue weighted by Crippen LogP contribution is 2.33. The van der Waals surface area contributed by atoms with Crippen LogP contribution in [0.2, 0.25) is 0 Å². The van der Waals surface area contributed by atoms with Gasteiger partial charge in [0.25, 0.3) is 5.91 Å². The van der Waals surface area contributed by atoms with E-state index in [0.29, 0.717) is 29.9 Å². The summed E-state index contributed by atoms with van der Waals surface area (Å²) >= 11 is 1.29. The summed E-state index contributed by atoms with van der Waals surface area (Å²) in [5, 5.41) is 16.8. The zero-order valence-electron chi connectivity index (χ0n) is 19.8. The van der Waals surface area contributed by atoms with Crippen LogP contribution in [0.5, 0.6) is 0 Å². The molecule has 0 bridgehead atoms. The maximum Gasteiger partial charge on any atom is 0.278 e. The Morgan fingerprint density at radius 2 is 1.94 bits per heavy atom. The van der Waals surface area contributed by atoms with Gasteiger partial charge in [-0.05, 0) is 37.3 Å². The predicted octanol–water partition coefficient (Wildman–Crippen LogP) is 3.70. The second-order valence-corrected chi connectivity index (χ2v) is 8.46. The number of nitrogens with zero attached hydrogens (tertiary/aromatic N) is 7. The van der Waals surface area contributed by atoms with Gasteiger partial charge in [0.2, 0.25) is 11.1 Å². The number of ether oxygens (including phenoxy) is 1. The molecule has 0 radical (unpaired) electrons. The second-order valence-electron chi connectivity index (χ2n) is 7.48. The number of aryl methyl sites for hydroxylation is 1. The molecule has 0 saturated heterocycles. The van der Waals surface area contributed by atoms with E-state index in [4.69, 9.17) is 4.74 Å². The highest BCUT2D eigenvalue weighted by Gasteiger charge is 2.12. The van der Waals surface area contributed by atoms with Crippen molar-refractivity contribution in [2.24, 2.45) is 15.4 Å². The average Bonchev–Trinajstić information content (AvgIpc) is 3.23. The summed E-state index contributed by atoms with van der Waals surface area (Å²) in [5.41, 5.74) is 3.40. The maximum absolute atomic E-state index is 11.9. The largest absolute Gasteiger partial charge is 0.378 e. The van der Waals surface area contributed by atoms with E-state index >= 15 is 0 Å². The number of benzene rings is 1. The molecule has 0 spiro atoms. The third-order valence-corrected chi connectivity index (χ3v) is 5.65. The maximum atomic E-state index is 11.9. The zero-order chi connectivity index (χ0) is 25.0. The first-order valence-electron chi connectivity index (χ1n) is 10.8. The van der Waals surface area contributed by atoms with E-state index in [1.54, 1.807) is 12.3 Å². The van der Waals surface area contributed by atoms with Gasteiger partial charge in [0.1, 0.15) is 6.54 Å². The molecular formula is C22H27N9O3S. The van der Waals surface area contributed by atoms with E-state index in [1.165, 1.54) is 11.3 Å². The van der Waals surface area contributed by atoms with Crippen molar-refractivity contribution in [1.82, 2.24) is 20.3 Å². The lowest BCUT2D eigenvalue weighted by Gasteiger charge is -2.13. The lowest BCUT2D eigenvalue weighted by Crippen LogP contribution is -2.25. The number of rotatable bonds is 13. The van der Waals surface area contributed by atoms with Crippen molar-refractivity contribution in [1.29, 1.82) is 0 Å². The lowest BCUT2D eigenvalue weighted by molar-refractivity contribution is -0.117. The van der Waals surface area contributed by atoms with Crippen LogP contribution in [0.3, 0.4) is 0 Å². The van der Waals surface area contributed by atoms with E-state index in [0.717, 1.165) is 21.9 Å². The summed E-state index contributed by atoms with van der Waals surface area (Å²) in [6, 6.07) is 9.74. The van der Waals surface area contributed by atoms with Gasteiger partial charge in [-0.25, -0.2) is 15.0 Å². The van der Waals surface area contributed by atoms with Gasteiger partial charge in [-0.2, -0.15) is 4.91 Å². The van der Waals surface area contributed by atoms with Gasteiger partial charge in [0.15, 0.2) is 0 Å². The Labute approximate surface area is 206 Å². The number of amides is 1. The number of hydrogen-bond acceptors (Lipinski definition) is 12. The number of anilines is 3. The van der Waals surface area contributed by atoms with Crippen LogP contribution in [0.4, 0.5) is 22.5 Å². The number of azo groups is 1. The third kappa shape index (κ3) is 8.24. The molecule has 0 unspecified atom stereocenters. The highest BCUT2D eigenvalue weighted by molar-refractivity contribution is 7.18. The molecule has 1 amide bonds. The molecular weight excluding hydrogens is 470 g/mol. The number of carbonyl (C=O) groups excluding carboxylic acids is 1. The fourth-order valence-electron chi connectivity index (χ4n) is 2.86. The van der Waals surface area contributed by atoms with E-state index < -0.39 is 5.91 Å². The molecule has 2 N–H and O–H groups in total. The summed E-state index contributed by atoms with van der Waals surface area (Å²) in [5.74, 6) is 0.0338. The molecule has 0 fully saturated rings. The van der Waals surface area contributed by atoms with Crippen LogP contribution < -0.4 is 15.5 Å². The number of carbonyl (C=O) groups is 1. The molecule has 12 nitrogen and oxygen atoms in total. The Balaban J connectivity index is 1.56. The van der Waals surface area contributed by atoms with Crippen molar-refractivity contribution in [2.75, 3.05) is 57.2 Å². The summed E-state index contributed by atoms with van der Waals surface area (Å²) in [6.07, 6.45) is 1.67. The molecule has 0 aliphatic heterocycles. The number of nitrogens with one attached hydrogen (secondary N) is 2. The van der Waals surface area contributed by atoms with Crippen LogP contribution >= 0.6 is 11.3 Å². The number of aromatic nitrogens is 3. The van der Waals surface area contributed by atoms with E-state index in [-0.39, 0.29) is 19.7 Å². The quantitative estimate of drug-likeness (QED) is 0.205. The Hall–Kier alpha value is -3.68. The average molecular weight is 498 g/mol. The van der Waals surface area contributed by atoms with E-state index in [2.05, 4.69) is 41.0 Å². The molecule has 3 aromatic rings. The SMILES string of the molecule is Cc1nc(N=NC(=O)CNCCOCCN=O)sc1-c1ccnc(Nc2ccc(N(C)C)cc2)n1. The van der Waals surface area contributed by atoms with Gasteiger partial charge in [-0.15, -0.1) is 10.2 Å². The van der Waals surface area contributed by atoms with Crippen LogP contribution in [0, 0.1) is 11.8 Å². The van der Waals surface area contributed by atoms with Gasteiger partial charge < -0.3 is 20.3 Å². The van der Waals surface area contributed by atoms with Gasteiger partial charge >= 0.3 is 0 Å². The summed E-state index contributed by atoms with van der Waals surface area (Å²) in [6.45, 7) is 3.06. The smallest absolute Gasteiger partial charge is 0.278 e. The standard InChI is InChI=1S/C22H27N9O3S/c1-15-20(35-22(26-15)30-29-19(32)14-23-10-12-34-13-11-25-33)18-8-9-24-21(28-18)27-16-4-6-17(7-5-16)31(2)3/h4-9,23H,10-14H2,1-3H3,(H,24,27,28). The van der Waals surface area contributed by atoms with Crippen LogP contribution in [0.1, 0.15) is 5.69 Å². The first-order valence-corrected chi connectivity index (χ1v) is 11.7. The first-order chi connectivity index (χ1) is 17.0. The van der Waals surface area contributed by atoms with Crippen molar-refractivity contribution in [3.05, 3.63) is 47.1 Å². The number of nitroso groups, excluding NO2 is 1. The minimum absolute atomic E-state index is 0.0203. The number of thiazole rings is 1. The van der Waals surface area contributed by atoms with E-state index in [1.807, 2.05) is 50.2 Å². The van der Waals surface area contributed by atoms with Crippen molar-refractivity contribution < 1.29 is 9.53 Å². The van der Waals surface area contributed by atoms with Crippen molar-refractivity contribution in [3.63, 3.8) is 0 Å². The predicted molar refractivity (Wildman–Crippen MR) is 136 cm³/mol. The Kier molecular flexibility index (Phi) is 9.83. The Bertz CT molecular complexity index is 1150. The summed E-state index contributed by atoms with van der Waals surface area (Å²) in [4.78, 5) is 38.0. The van der Waals surface area contributed by atoms with Crippen molar-refractivity contribution in [2.45, 2.75) is 6.92 Å². The fraction of sp³-hybridized carbons (Fsp3) is 0.364. The highest BCUT2D eigenvalue weighted by atomic mass is 32.1. The summed E-state index contributed by atoms with van der Waals surface area (Å²) < 4.78 is 5.15. The molecule has 184 valence electrons. The lowest BCUT2D eigenvalue weighted by atomic mass is 10.2. The second kappa shape index (κ2) is 13.3. The molecule has 0 atom stereocenters. The van der Waals surface area contributed by atoms with Crippen LogP contribution in [-0.4, -0.2) is 67.8 Å². The van der Waals surface area contributed by atoms with Gasteiger partial charge in [-0.3, -0.25) is 4.79 Å². The molecule has 2 heterocycles. The molecule has 2 aromatic heterocycles. The first kappa shape index (κ1) is 25.9.